The predicted molar refractivity (Wildman–Crippen MR) is 185 cm³/mol. The SMILES string of the molecule is CC(C)(c1cc(-c2cccc(-c3sc(-c4ccc(F)c(Cl)c4)nc3-c3ccc(S(C)(=O)=O)cc3)c2)c2ncccc2c1)S(C)(=O)=O. The van der Waals surface area contributed by atoms with Crippen LogP contribution >= 0.6 is 22.9 Å². The molecule has 234 valence electrons. The van der Waals surface area contributed by atoms with E-state index in [1.54, 1.807) is 50.4 Å². The lowest BCUT2D eigenvalue weighted by Crippen LogP contribution is -2.28. The topological polar surface area (TPSA) is 94.1 Å². The summed E-state index contributed by atoms with van der Waals surface area (Å²) in [7, 11) is -6.85. The van der Waals surface area contributed by atoms with Crippen molar-refractivity contribution in [3.05, 3.63) is 114 Å². The Hall–Kier alpha value is -3.96. The molecule has 0 spiro atoms. The Morgan fingerprint density at radius 2 is 1.48 bits per heavy atom. The fourth-order valence-electron chi connectivity index (χ4n) is 5.13. The second-order valence-electron chi connectivity index (χ2n) is 11.6. The number of nitrogens with zero attached hydrogens (tertiary/aromatic N) is 2. The van der Waals surface area contributed by atoms with Crippen LogP contribution in [-0.2, 0) is 24.4 Å². The molecule has 0 radical (unpaired) electrons. The lowest BCUT2D eigenvalue weighted by Gasteiger charge is -2.24. The number of rotatable bonds is 7. The molecule has 2 heterocycles. The van der Waals surface area contributed by atoms with Gasteiger partial charge >= 0.3 is 0 Å². The lowest BCUT2D eigenvalue weighted by molar-refractivity contribution is 0.561. The van der Waals surface area contributed by atoms with Gasteiger partial charge in [-0.15, -0.1) is 11.3 Å². The monoisotopic (exact) mass is 690 g/mol. The van der Waals surface area contributed by atoms with E-state index in [-0.39, 0.29) is 9.92 Å². The summed E-state index contributed by atoms with van der Waals surface area (Å²) in [5.74, 6) is -0.534. The third-order valence-corrected chi connectivity index (χ3v) is 12.8. The van der Waals surface area contributed by atoms with Crippen LogP contribution in [0.3, 0.4) is 0 Å². The molecule has 0 bridgehead atoms. The van der Waals surface area contributed by atoms with E-state index in [2.05, 4.69) is 4.98 Å². The summed E-state index contributed by atoms with van der Waals surface area (Å²) >= 11 is 7.51. The molecule has 11 heteroatoms. The van der Waals surface area contributed by atoms with Crippen LogP contribution in [0.15, 0.2) is 102 Å². The third-order valence-electron chi connectivity index (χ3n) is 8.11. The van der Waals surface area contributed by atoms with Crippen LogP contribution in [0.5, 0.6) is 0 Å². The molecular formula is C35H28ClFN2O4S3. The van der Waals surface area contributed by atoms with Crippen molar-refractivity contribution in [3.8, 4) is 43.4 Å². The third kappa shape index (κ3) is 5.98. The highest BCUT2D eigenvalue weighted by Gasteiger charge is 2.33. The number of halogens is 2. The first-order chi connectivity index (χ1) is 21.6. The maximum Gasteiger partial charge on any atom is 0.175 e. The zero-order valence-corrected chi connectivity index (χ0v) is 28.5. The molecule has 0 aliphatic carbocycles. The molecule has 4 aromatic carbocycles. The van der Waals surface area contributed by atoms with E-state index in [0.717, 1.165) is 38.7 Å². The van der Waals surface area contributed by atoms with Gasteiger partial charge in [-0.2, -0.15) is 0 Å². The first-order valence-electron chi connectivity index (χ1n) is 14.1. The summed E-state index contributed by atoms with van der Waals surface area (Å²) in [6.45, 7) is 3.39. The standard InChI is InChI=1S/C35H28ClFN2O4S3/c1-35(2,46(4,42)43)26-18-23-9-6-16-38-31(23)28(20-26)22-7-5-8-24(17-22)33-32(21-10-13-27(14-11-21)45(3,40)41)39-34(44-33)25-12-15-30(37)29(36)19-25/h5-20H,1-4H3. The normalized spacial score (nSPS) is 12.5. The average Bonchev–Trinajstić information content (AvgIpc) is 3.47. The van der Waals surface area contributed by atoms with E-state index in [1.807, 2.05) is 48.5 Å². The van der Waals surface area contributed by atoms with E-state index in [0.29, 0.717) is 27.4 Å². The summed E-state index contributed by atoms with van der Waals surface area (Å²) in [4.78, 5) is 10.6. The Labute approximate surface area is 276 Å². The summed E-state index contributed by atoms with van der Waals surface area (Å²) in [6, 6.07) is 26.3. The van der Waals surface area contributed by atoms with Crippen molar-refractivity contribution < 1.29 is 21.2 Å². The Kier molecular flexibility index (Phi) is 8.13. The van der Waals surface area contributed by atoms with Crippen LogP contribution in [0.2, 0.25) is 5.02 Å². The van der Waals surface area contributed by atoms with Crippen molar-refractivity contribution in [2.24, 2.45) is 0 Å². The molecule has 0 saturated heterocycles. The summed E-state index contributed by atoms with van der Waals surface area (Å²) in [5.41, 5.74) is 5.77. The van der Waals surface area contributed by atoms with Crippen molar-refractivity contribution in [1.82, 2.24) is 9.97 Å². The van der Waals surface area contributed by atoms with Gasteiger partial charge in [-0.3, -0.25) is 4.98 Å². The maximum atomic E-state index is 14.0. The Morgan fingerprint density at radius 3 is 2.15 bits per heavy atom. The number of sulfone groups is 2. The fraction of sp³-hybridized carbons (Fsp3) is 0.143. The molecule has 0 aliphatic heterocycles. The van der Waals surface area contributed by atoms with Gasteiger partial charge in [-0.05, 0) is 85.1 Å². The molecule has 6 rings (SSSR count). The first kappa shape index (κ1) is 32.0. The molecule has 0 unspecified atom stereocenters. The van der Waals surface area contributed by atoms with Crippen LogP contribution < -0.4 is 0 Å². The van der Waals surface area contributed by atoms with Crippen LogP contribution in [-0.4, -0.2) is 39.3 Å². The molecule has 46 heavy (non-hydrogen) atoms. The van der Waals surface area contributed by atoms with Gasteiger partial charge in [0.2, 0.25) is 0 Å². The predicted octanol–water partition coefficient (Wildman–Crippen LogP) is 8.84. The van der Waals surface area contributed by atoms with Gasteiger partial charge in [0.15, 0.2) is 19.7 Å². The minimum atomic E-state index is -3.45. The van der Waals surface area contributed by atoms with E-state index >= 15 is 0 Å². The zero-order valence-electron chi connectivity index (χ0n) is 25.2. The largest absolute Gasteiger partial charge is 0.256 e. The summed E-state index contributed by atoms with van der Waals surface area (Å²) < 4.78 is 62.7. The minimum Gasteiger partial charge on any atom is -0.256 e. The second-order valence-corrected chi connectivity index (χ2v) is 17.6. The molecule has 2 aromatic heterocycles. The van der Waals surface area contributed by atoms with Gasteiger partial charge in [0, 0.05) is 40.8 Å². The van der Waals surface area contributed by atoms with Gasteiger partial charge in [0.05, 0.1) is 30.8 Å². The maximum absolute atomic E-state index is 14.0. The zero-order chi connectivity index (χ0) is 33.0. The Morgan fingerprint density at radius 1 is 0.783 bits per heavy atom. The van der Waals surface area contributed by atoms with Crippen molar-refractivity contribution in [2.75, 3.05) is 12.5 Å². The van der Waals surface area contributed by atoms with Gasteiger partial charge in [0.25, 0.3) is 0 Å². The van der Waals surface area contributed by atoms with Crippen LogP contribution in [0.4, 0.5) is 4.39 Å². The van der Waals surface area contributed by atoms with E-state index in [1.165, 1.54) is 29.7 Å². The quantitative estimate of drug-likeness (QED) is 0.166. The van der Waals surface area contributed by atoms with E-state index < -0.39 is 30.2 Å². The van der Waals surface area contributed by atoms with Crippen molar-refractivity contribution in [2.45, 2.75) is 23.5 Å². The first-order valence-corrected chi connectivity index (χ1v) is 19.1. The van der Waals surface area contributed by atoms with Crippen LogP contribution in [0.25, 0.3) is 54.3 Å². The van der Waals surface area contributed by atoms with E-state index in [9.17, 15) is 21.2 Å². The number of pyridine rings is 1. The number of hydrogen-bond donors (Lipinski definition) is 0. The molecule has 0 saturated carbocycles. The molecule has 0 aliphatic rings. The molecule has 0 N–H and O–H groups in total. The Balaban J connectivity index is 1.56. The highest BCUT2D eigenvalue weighted by atomic mass is 35.5. The molecule has 6 nitrogen and oxygen atoms in total. The van der Waals surface area contributed by atoms with Gasteiger partial charge < -0.3 is 0 Å². The van der Waals surface area contributed by atoms with Crippen molar-refractivity contribution in [3.63, 3.8) is 0 Å². The number of fused-ring (bicyclic) bond motifs is 1. The highest BCUT2D eigenvalue weighted by molar-refractivity contribution is 7.91. The van der Waals surface area contributed by atoms with E-state index in [4.69, 9.17) is 16.6 Å². The molecule has 0 fully saturated rings. The molecular weight excluding hydrogens is 663 g/mol. The van der Waals surface area contributed by atoms with Gasteiger partial charge in [0.1, 0.15) is 10.8 Å². The Bertz CT molecular complexity index is 2370. The minimum absolute atomic E-state index is 0.0217. The van der Waals surface area contributed by atoms with Crippen molar-refractivity contribution >= 4 is 53.5 Å². The number of thiazole rings is 1. The average molecular weight is 691 g/mol. The number of benzene rings is 4. The van der Waals surface area contributed by atoms with Crippen LogP contribution in [0, 0.1) is 5.82 Å². The number of aromatic nitrogens is 2. The van der Waals surface area contributed by atoms with Crippen LogP contribution in [0.1, 0.15) is 19.4 Å². The van der Waals surface area contributed by atoms with Gasteiger partial charge in [-0.1, -0.05) is 48.0 Å². The number of hydrogen-bond acceptors (Lipinski definition) is 7. The second kappa shape index (κ2) is 11.7. The summed E-state index contributed by atoms with van der Waals surface area (Å²) in [5, 5.41) is 1.40. The smallest absolute Gasteiger partial charge is 0.175 e. The van der Waals surface area contributed by atoms with Crippen molar-refractivity contribution in [1.29, 1.82) is 0 Å². The fourth-order valence-corrected chi connectivity index (χ4v) is 7.56. The molecule has 6 aromatic rings. The highest BCUT2D eigenvalue weighted by Crippen LogP contribution is 2.43. The lowest BCUT2D eigenvalue weighted by atomic mass is 9.92. The summed E-state index contributed by atoms with van der Waals surface area (Å²) in [6.07, 6.45) is 4.10. The van der Waals surface area contributed by atoms with Gasteiger partial charge in [-0.25, -0.2) is 26.2 Å². The molecule has 0 atom stereocenters. The molecule has 0 amide bonds.